The standard InChI is InChI=1S/C15H27FO2Si2/c1-12(17-19(2,3)4)15(18-20(5,6)7)13-10-8-9-11-14(13)16/h8-12,15H,1-7H3/t12-,15+/m0/s1. The monoisotopic (exact) mass is 314 g/mol. The Bertz CT molecular complexity index is 438. The molecule has 2 atom stereocenters. The molecule has 1 aromatic rings. The molecule has 5 heteroatoms. The molecule has 0 aliphatic rings. The van der Waals surface area contributed by atoms with Crippen LogP contribution < -0.4 is 0 Å². The first-order valence-electron chi connectivity index (χ1n) is 7.10. The van der Waals surface area contributed by atoms with Crippen molar-refractivity contribution in [1.82, 2.24) is 0 Å². The summed E-state index contributed by atoms with van der Waals surface area (Å²) in [6, 6.07) is 6.83. The van der Waals surface area contributed by atoms with Crippen LogP contribution in [0, 0.1) is 5.82 Å². The maximum absolute atomic E-state index is 14.1. The predicted molar refractivity (Wildman–Crippen MR) is 87.5 cm³/mol. The van der Waals surface area contributed by atoms with E-state index in [4.69, 9.17) is 8.85 Å². The summed E-state index contributed by atoms with van der Waals surface area (Å²) < 4.78 is 26.4. The van der Waals surface area contributed by atoms with Gasteiger partial charge in [-0.2, -0.15) is 0 Å². The van der Waals surface area contributed by atoms with Crippen LogP contribution >= 0.6 is 0 Å². The second kappa shape index (κ2) is 6.51. The predicted octanol–water partition coefficient (Wildman–Crippen LogP) is 4.96. The van der Waals surface area contributed by atoms with E-state index in [0.29, 0.717) is 5.56 Å². The molecule has 2 nitrogen and oxygen atoms in total. The topological polar surface area (TPSA) is 18.5 Å². The van der Waals surface area contributed by atoms with E-state index >= 15 is 0 Å². The van der Waals surface area contributed by atoms with E-state index in [1.807, 2.05) is 13.0 Å². The zero-order chi connectivity index (χ0) is 15.6. The van der Waals surface area contributed by atoms with Crippen molar-refractivity contribution in [3.8, 4) is 0 Å². The molecule has 114 valence electrons. The molecule has 1 rings (SSSR count). The summed E-state index contributed by atoms with van der Waals surface area (Å²) in [6.45, 7) is 14.7. The van der Waals surface area contributed by atoms with Gasteiger partial charge in [-0.15, -0.1) is 0 Å². The first-order chi connectivity index (χ1) is 8.99. The number of halogens is 1. The summed E-state index contributed by atoms with van der Waals surface area (Å²) in [7, 11) is -3.49. The summed E-state index contributed by atoms with van der Waals surface area (Å²) in [6.07, 6.45) is -0.486. The van der Waals surface area contributed by atoms with Gasteiger partial charge >= 0.3 is 0 Å². The molecule has 0 spiro atoms. The number of benzene rings is 1. The van der Waals surface area contributed by atoms with E-state index in [-0.39, 0.29) is 18.0 Å². The van der Waals surface area contributed by atoms with Crippen LogP contribution in [0.15, 0.2) is 24.3 Å². The molecular weight excluding hydrogens is 287 g/mol. The maximum Gasteiger partial charge on any atom is 0.184 e. The Morgan fingerprint density at radius 1 is 0.900 bits per heavy atom. The van der Waals surface area contributed by atoms with Crippen molar-refractivity contribution in [3.05, 3.63) is 35.6 Å². The molecule has 0 amide bonds. The van der Waals surface area contributed by atoms with Crippen LogP contribution in [0.2, 0.25) is 39.3 Å². The van der Waals surface area contributed by atoms with Gasteiger partial charge in [0.1, 0.15) is 5.82 Å². The van der Waals surface area contributed by atoms with Crippen molar-refractivity contribution < 1.29 is 13.2 Å². The minimum Gasteiger partial charge on any atom is -0.412 e. The molecule has 0 saturated carbocycles. The van der Waals surface area contributed by atoms with Gasteiger partial charge in [0.2, 0.25) is 0 Å². The Morgan fingerprint density at radius 2 is 1.40 bits per heavy atom. The van der Waals surface area contributed by atoms with Gasteiger partial charge in [0.25, 0.3) is 0 Å². The summed E-state index contributed by atoms with van der Waals surface area (Å²) in [5, 5.41) is 0. The maximum atomic E-state index is 14.1. The lowest BCUT2D eigenvalue weighted by atomic mass is 10.1. The van der Waals surface area contributed by atoms with E-state index in [9.17, 15) is 4.39 Å². The SMILES string of the molecule is C[C@H](O[Si](C)(C)C)[C@@H](O[Si](C)(C)C)c1ccccc1F. The lowest BCUT2D eigenvalue weighted by Gasteiger charge is -2.34. The molecule has 0 aliphatic carbocycles. The van der Waals surface area contributed by atoms with Crippen LogP contribution in [0.3, 0.4) is 0 Å². The second-order valence-corrected chi connectivity index (χ2v) is 16.0. The summed E-state index contributed by atoms with van der Waals surface area (Å²) in [5.41, 5.74) is 0.598. The molecular formula is C15H27FO2Si2. The normalized spacial score (nSPS) is 16.0. The molecule has 0 heterocycles. The number of hydrogen-bond donors (Lipinski definition) is 0. The quantitative estimate of drug-likeness (QED) is 0.691. The molecule has 0 radical (unpaired) electrons. The minimum absolute atomic E-state index is 0.148. The average molecular weight is 315 g/mol. The van der Waals surface area contributed by atoms with Crippen LogP contribution in [0.4, 0.5) is 4.39 Å². The van der Waals surface area contributed by atoms with E-state index in [1.165, 1.54) is 6.07 Å². The molecule has 0 N–H and O–H groups in total. The van der Waals surface area contributed by atoms with E-state index < -0.39 is 16.6 Å². The highest BCUT2D eigenvalue weighted by Gasteiger charge is 2.31. The molecule has 0 unspecified atom stereocenters. The molecule has 0 saturated heterocycles. The van der Waals surface area contributed by atoms with Crippen LogP contribution in [0.1, 0.15) is 18.6 Å². The largest absolute Gasteiger partial charge is 0.412 e. The average Bonchev–Trinajstić information content (AvgIpc) is 2.23. The second-order valence-electron chi connectivity index (χ2n) is 7.11. The highest BCUT2D eigenvalue weighted by Crippen LogP contribution is 2.30. The summed E-state index contributed by atoms with van der Waals surface area (Å²) >= 11 is 0. The van der Waals surface area contributed by atoms with Crippen molar-refractivity contribution in [1.29, 1.82) is 0 Å². The van der Waals surface area contributed by atoms with Crippen LogP contribution in [-0.2, 0) is 8.85 Å². The fourth-order valence-electron chi connectivity index (χ4n) is 2.12. The minimum atomic E-state index is -1.80. The zero-order valence-electron chi connectivity index (χ0n) is 13.7. The van der Waals surface area contributed by atoms with Gasteiger partial charge in [0.15, 0.2) is 16.6 Å². The van der Waals surface area contributed by atoms with E-state index in [0.717, 1.165) is 0 Å². The Kier molecular flexibility index (Phi) is 5.72. The molecule has 0 bridgehead atoms. The first-order valence-corrected chi connectivity index (χ1v) is 13.9. The van der Waals surface area contributed by atoms with Gasteiger partial charge in [-0.3, -0.25) is 0 Å². The van der Waals surface area contributed by atoms with Crippen LogP contribution in [0.5, 0.6) is 0 Å². The van der Waals surface area contributed by atoms with Crippen molar-refractivity contribution >= 4 is 16.6 Å². The third-order valence-electron chi connectivity index (χ3n) is 2.66. The van der Waals surface area contributed by atoms with Crippen molar-refractivity contribution in [3.63, 3.8) is 0 Å². The highest BCUT2D eigenvalue weighted by molar-refractivity contribution is 6.70. The van der Waals surface area contributed by atoms with Gasteiger partial charge in [-0.1, -0.05) is 18.2 Å². The molecule has 0 aliphatic heterocycles. The lowest BCUT2D eigenvalue weighted by molar-refractivity contribution is 0.0526. The molecule has 1 aromatic carbocycles. The third kappa shape index (κ3) is 5.87. The van der Waals surface area contributed by atoms with Crippen molar-refractivity contribution in [2.45, 2.75) is 58.4 Å². The third-order valence-corrected chi connectivity index (χ3v) is 4.70. The highest BCUT2D eigenvalue weighted by atomic mass is 28.4. The van der Waals surface area contributed by atoms with E-state index in [1.54, 1.807) is 12.1 Å². The molecule has 0 aromatic heterocycles. The van der Waals surface area contributed by atoms with Gasteiger partial charge < -0.3 is 8.85 Å². The Labute approximate surface area is 124 Å². The van der Waals surface area contributed by atoms with Gasteiger partial charge in [-0.25, -0.2) is 4.39 Å². The lowest BCUT2D eigenvalue weighted by Crippen LogP contribution is -2.39. The molecule has 0 fully saturated rings. The Balaban J connectivity index is 3.06. The fourth-order valence-corrected chi connectivity index (χ4v) is 4.44. The summed E-state index contributed by atoms with van der Waals surface area (Å²) in [4.78, 5) is 0. The van der Waals surface area contributed by atoms with Gasteiger partial charge in [0.05, 0.1) is 12.2 Å². The smallest absolute Gasteiger partial charge is 0.184 e. The van der Waals surface area contributed by atoms with Crippen molar-refractivity contribution in [2.75, 3.05) is 0 Å². The van der Waals surface area contributed by atoms with Gasteiger partial charge in [-0.05, 0) is 52.3 Å². The first kappa shape index (κ1) is 17.6. The number of rotatable bonds is 6. The molecule has 20 heavy (non-hydrogen) atoms. The number of hydrogen-bond acceptors (Lipinski definition) is 2. The van der Waals surface area contributed by atoms with Crippen LogP contribution in [-0.4, -0.2) is 22.7 Å². The zero-order valence-corrected chi connectivity index (χ0v) is 15.7. The Morgan fingerprint density at radius 3 is 1.85 bits per heavy atom. The van der Waals surface area contributed by atoms with Crippen LogP contribution in [0.25, 0.3) is 0 Å². The summed E-state index contributed by atoms with van der Waals surface area (Å²) in [5.74, 6) is -0.221. The Hall–Kier alpha value is -0.496. The van der Waals surface area contributed by atoms with Gasteiger partial charge in [0, 0.05) is 5.56 Å². The van der Waals surface area contributed by atoms with Crippen molar-refractivity contribution in [2.24, 2.45) is 0 Å². The fraction of sp³-hybridized carbons (Fsp3) is 0.600. The van der Waals surface area contributed by atoms with E-state index in [2.05, 4.69) is 39.3 Å².